The van der Waals surface area contributed by atoms with E-state index >= 15 is 0 Å². The Morgan fingerprint density at radius 1 is 1.26 bits per heavy atom. The minimum absolute atomic E-state index is 0.0537. The fourth-order valence-electron chi connectivity index (χ4n) is 2.88. The fourth-order valence-corrected chi connectivity index (χ4v) is 3.06. The van der Waals surface area contributed by atoms with Gasteiger partial charge < -0.3 is 5.32 Å². The Bertz CT molecular complexity index is 1030. The number of aryl methyl sites for hydroxylation is 1. The van der Waals surface area contributed by atoms with Crippen LogP contribution in [-0.4, -0.2) is 26.6 Å². The molecule has 27 heavy (non-hydrogen) atoms. The van der Waals surface area contributed by atoms with Gasteiger partial charge in [-0.05, 0) is 24.6 Å². The van der Waals surface area contributed by atoms with Crippen molar-refractivity contribution in [3.63, 3.8) is 0 Å². The largest absolute Gasteiger partial charge is 0.326 e. The van der Waals surface area contributed by atoms with Crippen molar-refractivity contribution < 1.29 is 9.59 Å². The number of carbonyl (C=O) groups excluding carboxylic acids is 2. The number of hydrogen-bond donors (Lipinski definition) is 2. The second-order valence-electron chi connectivity index (χ2n) is 6.29. The van der Waals surface area contributed by atoms with Gasteiger partial charge in [-0.3, -0.25) is 14.9 Å². The average molecular weight is 382 g/mol. The first kappa shape index (κ1) is 17.2. The minimum Gasteiger partial charge on any atom is -0.326 e. The Hall–Kier alpha value is -3.19. The number of rotatable bonds is 4. The molecule has 0 spiro atoms. The molecule has 0 bridgehead atoms. The van der Waals surface area contributed by atoms with Crippen LogP contribution in [0.5, 0.6) is 0 Å². The van der Waals surface area contributed by atoms with Crippen molar-refractivity contribution in [3.05, 3.63) is 59.1 Å². The third kappa shape index (κ3) is 3.41. The van der Waals surface area contributed by atoms with Crippen LogP contribution in [0.2, 0.25) is 5.02 Å². The zero-order valence-electron chi connectivity index (χ0n) is 14.4. The molecule has 2 N–H and O–H groups in total. The van der Waals surface area contributed by atoms with E-state index < -0.39 is 6.04 Å². The van der Waals surface area contributed by atoms with E-state index in [0.717, 1.165) is 11.1 Å². The highest BCUT2D eigenvalue weighted by molar-refractivity contribution is 6.31. The molecule has 1 aliphatic rings. The number of carbonyl (C=O) groups is 2. The molecule has 2 amide bonds. The summed E-state index contributed by atoms with van der Waals surface area (Å²) >= 11 is 6.08. The van der Waals surface area contributed by atoms with Crippen LogP contribution in [0.4, 0.5) is 11.6 Å². The van der Waals surface area contributed by atoms with Crippen LogP contribution in [0.1, 0.15) is 18.0 Å². The highest BCUT2D eigenvalue weighted by Gasteiger charge is 2.35. The molecule has 2 aromatic carbocycles. The normalized spacial score (nSPS) is 15.3. The summed E-state index contributed by atoms with van der Waals surface area (Å²) in [5.74, 6) is 0.234. The minimum atomic E-state index is -0.745. The van der Waals surface area contributed by atoms with Gasteiger partial charge in [0.25, 0.3) is 5.91 Å². The Kier molecular flexibility index (Phi) is 4.37. The standard InChI is InChI=1S/C19H16ClN5O2/c1-11-7-8-13(9-14(11)20)21-16(26)10-15-18(27)23-19-22-17(24-25(15)19)12-5-3-2-4-6-12/h2-9,15H,10H2,1H3,(H,21,26)(H,22,23,24,27)/t15-/m0/s1. The van der Waals surface area contributed by atoms with Crippen molar-refractivity contribution in [1.82, 2.24) is 14.8 Å². The molecule has 3 aromatic rings. The van der Waals surface area contributed by atoms with Gasteiger partial charge in [0, 0.05) is 16.3 Å². The molecule has 136 valence electrons. The molecule has 8 heteroatoms. The third-order valence-electron chi connectivity index (χ3n) is 4.33. The smallest absolute Gasteiger partial charge is 0.252 e. The lowest BCUT2D eigenvalue weighted by Gasteiger charge is -2.10. The lowest BCUT2D eigenvalue weighted by molar-refractivity contribution is -0.123. The Balaban J connectivity index is 1.51. The number of benzene rings is 2. The van der Waals surface area contributed by atoms with Crippen LogP contribution in [0, 0.1) is 6.92 Å². The summed E-state index contributed by atoms with van der Waals surface area (Å²) < 4.78 is 1.46. The topological polar surface area (TPSA) is 88.9 Å². The quantitative estimate of drug-likeness (QED) is 0.724. The lowest BCUT2D eigenvalue weighted by Crippen LogP contribution is -2.23. The Labute approximate surface area is 160 Å². The molecule has 1 aromatic heterocycles. The molecule has 2 heterocycles. The van der Waals surface area contributed by atoms with Crippen molar-refractivity contribution in [2.24, 2.45) is 0 Å². The first-order valence-corrected chi connectivity index (χ1v) is 8.78. The summed E-state index contributed by atoms with van der Waals surface area (Å²) in [6.07, 6.45) is -0.0537. The lowest BCUT2D eigenvalue weighted by atomic mass is 10.2. The number of hydrogen-bond acceptors (Lipinski definition) is 4. The number of halogens is 1. The number of anilines is 2. The van der Waals surface area contributed by atoms with Crippen LogP contribution in [0.15, 0.2) is 48.5 Å². The first-order chi connectivity index (χ1) is 13.0. The SMILES string of the molecule is Cc1ccc(NC(=O)C[C@H]2C(=O)Nc3nc(-c4ccccc4)nn32)cc1Cl. The number of amides is 2. The predicted octanol–water partition coefficient (Wildman–Crippen LogP) is 3.43. The van der Waals surface area contributed by atoms with Crippen molar-refractivity contribution in [2.45, 2.75) is 19.4 Å². The van der Waals surface area contributed by atoms with Gasteiger partial charge in [-0.25, -0.2) is 4.68 Å². The Morgan fingerprint density at radius 3 is 2.78 bits per heavy atom. The Morgan fingerprint density at radius 2 is 2.04 bits per heavy atom. The van der Waals surface area contributed by atoms with Crippen LogP contribution >= 0.6 is 11.6 Å². The van der Waals surface area contributed by atoms with Gasteiger partial charge in [0.1, 0.15) is 6.04 Å². The monoisotopic (exact) mass is 381 g/mol. The molecule has 7 nitrogen and oxygen atoms in total. The summed E-state index contributed by atoms with van der Waals surface area (Å²) in [5.41, 5.74) is 2.34. The summed E-state index contributed by atoms with van der Waals surface area (Å²) in [4.78, 5) is 29.0. The summed E-state index contributed by atoms with van der Waals surface area (Å²) in [6, 6.07) is 14.0. The molecule has 0 aliphatic carbocycles. The number of aromatic nitrogens is 3. The molecular formula is C19H16ClN5O2. The van der Waals surface area contributed by atoms with E-state index in [-0.39, 0.29) is 18.2 Å². The second-order valence-corrected chi connectivity index (χ2v) is 6.70. The van der Waals surface area contributed by atoms with Crippen molar-refractivity contribution in [1.29, 1.82) is 0 Å². The van der Waals surface area contributed by atoms with Gasteiger partial charge in [0.15, 0.2) is 5.82 Å². The molecule has 1 aliphatic heterocycles. The summed E-state index contributed by atoms with van der Waals surface area (Å²) in [6.45, 7) is 1.88. The molecule has 0 unspecified atom stereocenters. The van der Waals surface area contributed by atoms with Gasteiger partial charge >= 0.3 is 0 Å². The molecule has 0 saturated carbocycles. The molecule has 1 atom stereocenters. The number of nitrogens with zero attached hydrogens (tertiary/aromatic N) is 3. The van der Waals surface area contributed by atoms with Crippen LogP contribution < -0.4 is 10.6 Å². The highest BCUT2D eigenvalue weighted by Crippen LogP contribution is 2.28. The van der Waals surface area contributed by atoms with E-state index in [1.54, 1.807) is 12.1 Å². The van der Waals surface area contributed by atoms with E-state index in [9.17, 15) is 9.59 Å². The molecule has 4 rings (SSSR count). The maximum atomic E-state index is 12.4. The van der Waals surface area contributed by atoms with E-state index in [1.165, 1.54) is 4.68 Å². The third-order valence-corrected chi connectivity index (χ3v) is 4.74. The number of fused-ring (bicyclic) bond motifs is 1. The summed E-state index contributed by atoms with van der Waals surface area (Å²) in [7, 11) is 0. The van der Waals surface area contributed by atoms with Crippen LogP contribution in [-0.2, 0) is 9.59 Å². The highest BCUT2D eigenvalue weighted by atomic mass is 35.5. The molecule has 0 saturated heterocycles. The fraction of sp³-hybridized carbons (Fsp3) is 0.158. The molecule has 0 fully saturated rings. The zero-order valence-corrected chi connectivity index (χ0v) is 15.2. The van der Waals surface area contributed by atoms with E-state index in [2.05, 4.69) is 20.7 Å². The van der Waals surface area contributed by atoms with Crippen LogP contribution in [0.25, 0.3) is 11.4 Å². The predicted molar refractivity (Wildman–Crippen MR) is 103 cm³/mol. The van der Waals surface area contributed by atoms with E-state index in [1.807, 2.05) is 43.3 Å². The van der Waals surface area contributed by atoms with Crippen molar-refractivity contribution in [2.75, 3.05) is 10.6 Å². The van der Waals surface area contributed by atoms with Gasteiger partial charge in [0.05, 0.1) is 6.42 Å². The van der Waals surface area contributed by atoms with Gasteiger partial charge in [-0.2, -0.15) is 4.98 Å². The van der Waals surface area contributed by atoms with E-state index in [4.69, 9.17) is 11.6 Å². The second kappa shape index (κ2) is 6.85. The van der Waals surface area contributed by atoms with E-state index in [0.29, 0.717) is 22.5 Å². The van der Waals surface area contributed by atoms with Gasteiger partial charge in [-0.15, -0.1) is 5.10 Å². The van der Waals surface area contributed by atoms with Gasteiger partial charge in [-0.1, -0.05) is 48.0 Å². The van der Waals surface area contributed by atoms with Crippen molar-refractivity contribution >= 4 is 35.1 Å². The average Bonchev–Trinajstić information content (AvgIpc) is 3.18. The van der Waals surface area contributed by atoms with Crippen LogP contribution in [0.3, 0.4) is 0 Å². The molecular weight excluding hydrogens is 366 g/mol. The summed E-state index contributed by atoms with van der Waals surface area (Å²) in [5, 5.41) is 10.4. The maximum absolute atomic E-state index is 12.4. The number of nitrogens with one attached hydrogen (secondary N) is 2. The maximum Gasteiger partial charge on any atom is 0.252 e. The molecule has 0 radical (unpaired) electrons. The van der Waals surface area contributed by atoms with Crippen molar-refractivity contribution in [3.8, 4) is 11.4 Å². The first-order valence-electron chi connectivity index (χ1n) is 8.40. The van der Waals surface area contributed by atoms with Gasteiger partial charge in [0.2, 0.25) is 11.9 Å². The zero-order chi connectivity index (χ0) is 19.0.